The number of para-hydroxylation sites is 1. The zero-order chi connectivity index (χ0) is 15.7. The van der Waals surface area contributed by atoms with Crippen LogP contribution in [0.15, 0.2) is 52.0 Å². The average molecular weight is 334 g/mol. The quantitative estimate of drug-likeness (QED) is 0.787. The van der Waals surface area contributed by atoms with Gasteiger partial charge in [-0.3, -0.25) is 4.72 Å². The topological polar surface area (TPSA) is 72.2 Å². The van der Waals surface area contributed by atoms with E-state index in [4.69, 9.17) is 4.52 Å². The average Bonchev–Trinajstić information content (AvgIpc) is 3.06. The molecular formula is C15H14N2O3S2. The molecule has 0 bridgehead atoms. The van der Waals surface area contributed by atoms with E-state index in [1.807, 2.05) is 13.0 Å². The van der Waals surface area contributed by atoms with Crippen LogP contribution in [0, 0.1) is 13.8 Å². The molecule has 0 aliphatic rings. The normalized spacial score (nSPS) is 11.5. The van der Waals surface area contributed by atoms with Crippen molar-refractivity contribution in [1.29, 1.82) is 0 Å². The largest absolute Gasteiger partial charge is 0.356 e. The lowest BCUT2D eigenvalue weighted by Crippen LogP contribution is -2.14. The van der Waals surface area contributed by atoms with Crippen LogP contribution in [0.25, 0.3) is 11.3 Å². The molecule has 7 heteroatoms. The first-order chi connectivity index (χ1) is 10.5. The van der Waals surface area contributed by atoms with Gasteiger partial charge in [-0.05, 0) is 26.0 Å². The number of benzene rings is 1. The van der Waals surface area contributed by atoms with E-state index in [-0.39, 0.29) is 4.90 Å². The van der Waals surface area contributed by atoms with Crippen LogP contribution >= 0.6 is 11.3 Å². The highest BCUT2D eigenvalue weighted by Gasteiger charge is 2.28. The Bertz CT molecular complexity index is 883. The standard InChI is InChI=1S/C15H14N2O3S2/c1-10-14(13-8-9-16-20-13)15(11(2)21-10)22(18,19)17-12-6-4-3-5-7-12/h3-9,17H,1-2H3. The molecule has 0 fully saturated rings. The Kier molecular flexibility index (Phi) is 3.76. The molecule has 1 N–H and O–H groups in total. The number of aromatic nitrogens is 1. The smallest absolute Gasteiger partial charge is 0.263 e. The van der Waals surface area contributed by atoms with E-state index in [1.165, 1.54) is 17.5 Å². The van der Waals surface area contributed by atoms with E-state index in [0.29, 0.717) is 21.9 Å². The predicted molar refractivity (Wildman–Crippen MR) is 86.5 cm³/mol. The number of anilines is 1. The van der Waals surface area contributed by atoms with E-state index in [2.05, 4.69) is 9.88 Å². The molecule has 114 valence electrons. The van der Waals surface area contributed by atoms with E-state index < -0.39 is 10.0 Å². The monoisotopic (exact) mass is 334 g/mol. The summed E-state index contributed by atoms with van der Waals surface area (Å²) in [5.41, 5.74) is 1.10. The summed E-state index contributed by atoms with van der Waals surface area (Å²) in [6.45, 7) is 3.66. The lowest BCUT2D eigenvalue weighted by molar-refractivity contribution is 0.431. The van der Waals surface area contributed by atoms with Gasteiger partial charge in [-0.1, -0.05) is 23.4 Å². The molecule has 0 saturated heterocycles. The van der Waals surface area contributed by atoms with Gasteiger partial charge in [0.2, 0.25) is 0 Å². The van der Waals surface area contributed by atoms with Crippen LogP contribution < -0.4 is 4.72 Å². The molecule has 0 aliphatic carbocycles. The first-order valence-electron chi connectivity index (χ1n) is 6.58. The first-order valence-corrected chi connectivity index (χ1v) is 8.88. The number of thiophene rings is 1. The summed E-state index contributed by atoms with van der Waals surface area (Å²) in [5, 5.41) is 3.67. The number of hydrogen-bond donors (Lipinski definition) is 1. The maximum absolute atomic E-state index is 12.8. The summed E-state index contributed by atoms with van der Waals surface area (Å²) in [5.74, 6) is 0.454. The second kappa shape index (κ2) is 5.58. The number of rotatable bonds is 4. The van der Waals surface area contributed by atoms with Crippen LogP contribution in [0.3, 0.4) is 0 Å². The third-order valence-electron chi connectivity index (χ3n) is 3.18. The van der Waals surface area contributed by atoms with Crippen LogP contribution in [-0.2, 0) is 10.0 Å². The zero-order valence-corrected chi connectivity index (χ0v) is 13.7. The van der Waals surface area contributed by atoms with Crippen LogP contribution in [0.2, 0.25) is 0 Å². The molecule has 2 heterocycles. The third kappa shape index (κ3) is 2.65. The molecule has 0 amide bonds. The highest BCUT2D eigenvalue weighted by molar-refractivity contribution is 7.93. The van der Waals surface area contributed by atoms with Gasteiger partial charge in [0.05, 0.1) is 11.8 Å². The van der Waals surface area contributed by atoms with Gasteiger partial charge in [-0.25, -0.2) is 8.42 Å². The zero-order valence-electron chi connectivity index (χ0n) is 12.0. The van der Waals surface area contributed by atoms with Crippen molar-refractivity contribution in [2.75, 3.05) is 4.72 Å². The van der Waals surface area contributed by atoms with Crippen molar-refractivity contribution >= 4 is 27.0 Å². The molecule has 0 saturated carbocycles. The van der Waals surface area contributed by atoms with E-state index in [1.54, 1.807) is 37.3 Å². The van der Waals surface area contributed by atoms with E-state index in [0.717, 1.165) is 4.88 Å². The highest BCUT2D eigenvalue weighted by atomic mass is 32.2. The molecule has 1 aromatic carbocycles. The molecular weight excluding hydrogens is 320 g/mol. The van der Waals surface area contributed by atoms with Crippen LogP contribution in [0.5, 0.6) is 0 Å². The van der Waals surface area contributed by atoms with Gasteiger partial charge in [0.1, 0.15) is 4.90 Å². The van der Waals surface area contributed by atoms with Crippen LogP contribution in [0.1, 0.15) is 9.75 Å². The second-order valence-corrected chi connectivity index (χ2v) is 7.81. The number of hydrogen-bond acceptors (Lipinski definition) is 5. The van der Waals surface area contributed by atoms with Gasteiger partial charge in [0.15, 0.2) is 5.76 Å². The summed E-state index contributed by atoms with van der Waals surface area (Å²) in [6, 6.07) is 10.5. The SMILES string of the molecule is Cc1sc(C)c(S(=O)(=O)Nc2ccccc2)c1-c1ccno1. The lowest BCUT2D eigenvalue weighted by Gasteiger charge is -2.09. The molecule has 0 radical (unpaired) electrons. The molecule has 5 nitrogen and oxygen atoms in total. The highest BCUT2D eigenvalue weighted by Crippen LogP contribution is 2.39. The number of nitrogens with one attached hydrogen (secondary N) is 1. The number of aryl methyl sites for hydroxylation is 2. The van der Waals surface area contributed by atoms with Crippen molar-refractivity contribution in [3.63, 3.8) is 0 Å². The van der Waals surface area contributed by atoms with Crippen LogP contribution in [-0.4, -0.2) is 13.6 Å². The minimum Gasteiger partial charge on any atom is -0.356 e. The van der Waals surface area contributed by atoms with Crippen molar-refractivity contribution in [3.05, 3.63) is 52.3 Å². The summed E-state index contributed by atoms with van der Waals surface area (Å²) in [6.07, 6.45) is 1.50. The number of sulfonamides is 1. The van der Waals surface area contributed by atoms with Gasteiger partial charge in [0, 0.05) is 21.5 Å². The Hall–Kier alpha value is -2.12. The van der Waals surface area contributed by atoms with Gasteiger partial charge < -0.3 is 4.52 Å². The van der Waals surface area contributed by atoms with Gasteiger partial charge >= 0.3 is 0 Å². The molecule has 3 aromatic rings. The molecule has 0 aliphatic heterocycles. The second-order valence-electron chi connectivity index (χ2n) is 4.77. The Labute approximate surface area is 132 Å². The molecule has 0 atom stereocenters. The van der Waals surface area contributed by atoms with Gasteiger partial charge in [-0.2, -0.15) is 0 Å². The van der Waals surface area contributed by atoms with Crippen molar-refractivity contribution in [1.82, 2.24) is 5.16 Å². The summed E-state index contributed by atoms with van der Waals surface area (Å²) in [4.78, 5) is 1.84. The molecule has 3 rings (SSSR count). The fourth-order valence-corrected chi connectivity index (χ4v) is 5.26. The molecule has 22 heavy (non-hydrogen) atoms. The predicted octanol–water partition coefficient (Wildman–Crippen LogP) is 3.82. The maximum atomic E-state index is 12.8. The summed E-state index contributed by atoms with van der Waals surface area (Å²) in [7, 11) is -3.71. The third-order valence-corrected chi connectivity index (χ3v) is 5.89. The van der Waals surface area contributed by atoms with Gasteiger partial charge in [-0.15, -0.1) is 11.3 Å². The Morgan fingerprint density at radius 3 is 2.45 bits per heavy atom. The Balaban J connectivity index is 2.12. The van der Waals surface area contributed by atoms with E-state index >= 15 is 0 Å². The fraction of sp³-hybridized carbons (Fsp3) is 0.133. The first kappa shape index (κ1) is 14.8. The van der Waals surface area contributed by atoms with Gasteiger partial charge in [0.25, 0.3) is 10.0 Å². The Morgan fingerprint density at radius 2 is 1.82 bits per heavy atom. The van der Waals surface area contributed by atoms with Crippen molar-refractivity contribution in [2.24, 2.45) is 0 Å². The molecule has 0 unspecified atom stereocenters. The molecule has 2 aromatic heterocycles. The minimum absolute atomic E-state index is 0.246. The summed E-state index contributed by atoms with van der Waals surface area (Å²) >= 11 is 1.42. The fourth-order valence-electron chi connectivity index (χ4n) is 2.33. The Morgan fingerprint density at radius 1 is 1.09 bits per heavy atom. The lowest BCUT2D eigenvalue weighted by atomic mass is 10.2. The maximum Gasteiger partial charge on any atom is 0.263 e. The van der Waals surface area contributed by atoms with Crippen molar-refractivity contribution < 1.29 is 12.9 Å². The summed E-state index contributed by atoms with van der Waals surface area (Å²) < 4.78 is 33.3. The van der Waals surface area contributed by atoms with Crippen molar-refractivity contribution in [2.45, 2.75) is 18.7 Å². The number of nitrogens with zero attached hydrogens (tertiary/aromatic N) is 1. The van der Waals surface area contributed by atoms with Crippen LogP contribution in [0.4, 0.5) is 5.69 Å². The minimum atomic E-state index is -3.71. The van der Waals surface area contributed by atoms with Crippen molar-refractivity contribution in [3.8, 4) is 11.3 Å². The van der Waals surface area contributed by atoms with E-state index in [9.17, 15) is 8.42 Å². The molecule has 0 spiro atoms.